The number of carbonyl (C=O) groups excluding carboxylic acids is 5. The number of ether oxygens (including phenoxy) is 1. The lowest BCUT2D eigenvalue weighted by Crippen LogP contribution is -2.35. The highest BCUT2D eigenvalue weighted by Gasteiger charge is 2.34. The van der Waals surface area contributed by atoms with Crippen LogP contribution in [0.1, 0.15) is 88.4 Å². The van der Waals surface area contributed by atoms with E-state index in [4.69, 9.17) is 24.1 Å². The van der Waals surface area contributed by atoms with E-state index in [1.54, 1.807) is 12.1 Å². The molecule has 3 heterocycles. The Morgan fingerprint density at radius 3 is 1.47 bits per heavy atom. The zero-order chi connectivity index (χ0) is 62.2. The number of amides is 4. The van der Waals surface area contributed by atoms with Gasteiger partial charge in [0, 0.05) is 135 Å². The molecule has 4 aromatic rings. The van der Waals surface area contributed by atoms with Crippen molar-refractivity contribution < 1.29 is 62.2 Å². The summed E-state index contributed by atoms with van der Waals surface area (Å²) in [7, 11) is 15.5. The first-order valence-electron chi connectivity index (χ1n) is 27.4. The highest BCUT2D eigenvalue weighted by Crippen LogP contribution is 2.44. The van der Waals surface area contributed by atoms with E-state index in [0.29, 0.717) is 80.6 Å². The van der Waals surface area contributed by atoms with Gasteiger partial charge in [-0.25, -0.2) is 28.3 Å². The number of aromatic carboxylic acids is 2. The Kier molecular flexibility index (Phi) is 19.6. The van der Waals surface area contributed by atoms with Crippen LogP contribution >= 0.6 is 0 Å². The molecule has 0 atom stereocenters. The SMILES string of the molecule is CC(C)(C)OC(=O)NCCN.CCCNC(=O)c1ccc(-c2c3ccc(=[N+](C)C)cc-3oc3cc(N(C)C)ccc23)c(C(=O)O)c1.CN(C)c1ccc2c(-c3ccc(C(=O)ON4C(=O)CCC4=O)cc3C(=O)O)c3ccc(=[N+](C)C)cc-3oc2c1. The van der Waals surface area contributed by atoms with Gasteiger partial charge in [-0.1, -0.05) is 19.1 Å². The molecule has 21 nitrogen and oxygen atoms in total. The molecule has 6 N–H and O–H groups in total. The van der Waals surface area contributed by atoms with Gasteiger partial charge in [0.15, 0.2) is 0 Å². The van der Waals surface area contributed by atoms with Crippen molar-refractivity contribution in [2.75, 3.05) is 85.8 Å². The van der Waals surface area contributed by atoms with E-state index in [0.717, 1.165) is 45.0 Å². The topological polar surface area (TPSA) is 271 Å². The summed E-state index contributed by atoms with van der Waals surface area (Å²) in [5, 5.41) is 29.4. The molecule has 4 aromatic carbocycles. The number of anilines is 2. The largest absolute Gasteiger partial charge is 0.478 e. The Labute approximate surface area is 491 Å². The van der Waals surface area contributed by atoms with Crippen molar-refractivity contribution in [3.63, 3.8) is 0 Å². The number of carboxylic acid groups (broad SMARTS) is 2. The number of nitrogens with one attached hydrogen (secondary N) is 2. The number of fused-ring (bicyclic) bond motifs is 4. The molecule has 0 spiro atoms. The van der Waals surface area contributed by atoms with Crippen molar-refractivity contribution in [3.8, 4) is 44.9 Å². The van der Waals surface area contributed by atoms with Crippen LogP contribution < -0.4 is 46.0 Å². The fraction of sp³-hybridized carbons (Fsp3) is 0.297. The minimum atomic E-state index is -1.26. The molecular formula is C64H72N8O13+2. The molecule has 2 aliphatic carbocycles. The number of imide groups is 1. The number of hydrogen-bond donors (Lipinski definition) is 5. The van der Waals surface area contributed by atoms with E-state index in [1.807, 2.05) is 176 Å². The van der Waals surface area contributed by atoms with Gasteiger partial charge in [0.1, 0.15) is 56.5 Å². The fourth-order valence-electron chi connectivity index (χ4n) is 9.20. The average Bonchev–Trinajstić information content (AvgIpc) is 1.39. The molecule has 0 radical (unpaired) electrons. The van der Waals surface area contributed by atoms with E-state index in [2.05, 4.69) is 10.6 Å². The van der Waals surface area contributed by atoms with Crippen LogP contribution in [0.2, 0.25) is 0 Å². The van der Waals surface area contributed by atoms with Gasteiger partial charge < -0.3 is 54.8 Å². The van der Waals surface area contributed by atoms with E-state index >= 15 is 0 Å². The van der Waals surface area contributed by atoms with Crippen LogP contribution in [0.3, 0.4) is 0 Å². The Morgan fingerprint density at radius 1 is 0.612 bits per heavy atom. The molecule has 0 saturated carbocycles. The first kappa shape index (κ1) is 62.7. The number of rotatable bonds is 13. The Bertz CT molecular complexity index is 3980. The van der Waals surface area contributed by atoms with Gasteiger partial charge >= 0.3 is 24.0 Å². The van der Waals surface area contributed by atoms with Crippen molar-refractivity contribution in [1.29, 1.82) is 0 Å². The summed E-state index contributed by atoms with van der Waals surface area (Å²) >= 11 is 0. The number of nitrogens with two attached hydrogens (primary N) is 1. The van der Waals surface area contributed by atoms with Crippen molar-refractivity contribution in [3.05, 3.63) is 142 Å². The number of hydrogen-bond acceptors (Lipinski definition) is 14. The van der Waals surface area contributed by atoms with Crippen molar-refractivity contribution in [1.82, 2.24) is 24.8 Å². The molecular weight excluding hydrogens is 1090 g/mol. The lowest BCUT2D eigenvalue weighted by Gasteiger charge is -2.19. The number of hydroxylamine groups is 2. The summed E-state index contributed by atoms with van der Waals surface area (Å²) in [5.41, 5.74) is 11.7. The Balaban J connectivity index is 0.000000208. The van der Waals surface area contributed by atoms with Gasteiger partial charge in [-0.05, 0) is 99.0 Å². The summed E-state index contributed by atoms with van der Waals surface area (Å²) in [6.45, 7) is 8.82. The van der Waals surface area contributed by atoms with Gasteiger partial charge in [-0.2, -0.15) is 0 Å². The average molecular weight is 1160 g/mol. The molecule has 21 heteroatoms. The third-order valence-corrected chi connectivity index (χ3v) is 13.5. The summed E-state index contributed by atoms with van der Waals surface area (Å²) in [4.78, 5) is 93.6. The minimum Gasteiger partial charge on any atom is -0.478 e. The number of carboxylic acids is 2. The van der Waals surface area contributed by atoms with Crippen LogP contribution in [0.25, 0.3) is 66.8 Å². The summed E-state index contributed by atoms with van der Waals surface area (Å²) in [6.07, 6.45) is 0.291. The number of carbonyl (C=O) groups is 7. The zero-order valence-electron chi connectivity index (χ0n) is 49.8. The molecule has 1 fully saturated rings. The van der Waals surface area contributed by atoms with Gasteiger partial charge in [0.25, 0.3) is 17.7 Å². The van der Waals surface area contributed by atoms with Crippen LogP contribution in [0.5, 0.6) is 0 Å². The first-order chi connectivity index (χ1) is 40.2. The molecule has 5 aliphatic rings. The molecule has 4 amide bonds. The smallest absolute Gasteiger partial charge is 0.407 e. The number of nitrogens with zero attached hydrogens (tertiary/aromatic N) is 5. The second-order valence-corrected chi connectivity index (χ2v) is 21.8. The molecule has 0 aromatic heterocycles. The quantitative estimate of drug-likeness (QED) is 0.0418. The molecule has 444 valence electrons. The van der Waals surface area contributed by atoms with Crippen LogP contribution in [-0.2, 0) is 19.2 Å². The summed E-state index contributed by atoms with van der Waals surface area (Å²) in [6, 6.07) is 32.1. The van der Waals surface area contributed by atoms with Gasteiger partial charge in [-0.15, -0.1) is 5.06 Å². The van der Waals surface area contributed by atoms with E-state index < -0.39 is 41.4 Å². The molecule has 0 unspecified atom stereocenters. The third kappa shape index (κ3) is 14.7. The fourth-order valence-corrected chi connectivity index (χ4v) is 9.20. The Morgan fingerprint density at radius 2 is 1.06 bits per heavy atom. The van der Waals surface area contributed by atoms with Crippen molar-refractivity contribution in [2.24, 2.45) is 5.73 Å². The van der Waals surface area contributed by atoms with E-state index in [1.165, 1.54) is 24.3 Å². The number of benzene rings is 6. The maximum atomic E-state index is 12.8. The van der Waals surface area contributed by atoms with E-state index in [9.17, 15) is 43.8 Å². The first-order valence-corrected chi connectivity index (χ1v) is 27.4. The molecule has 9 rings (SSSR count). The lowest BCUT2D eigenvalue weighted by atomic mass is 9.89. The highest BCUT2D eigenvalue weighted by atomic mass is 16.7. The predicted molar refractivity (Wildman–Crippen MR) is 326 cm³/mol. The van der Waals surface area contributed by atoms with Crippen LogP contribution in [0, 0.1) is 0 Å². The Hall–Kier alpha value is -9.89. The monoisotopic (exact) mass is 1160 g/mol. The molecule has 3 aliphatic heterocycles. The van der Waals surface area contributed by atoms with Gasteiger partial charge in [0.2, 0.25) is 10.7 Å². The zero-order valence-corrected chi connectivity index (χ0v) is 49.8. The molecule has 1 saturated heterocycles. The van der Waals surface area contributed by atoms with Gasteiger partial charge in [0.05, 0.1) is 28.8 Å². The maximum absolute atomic E-state index is 12.8. The standard InChI is InChI=1S/C29H25N3O7.C28H29N3O4.C7H16N2O2/c1-30(2)17-6-9-20-23(14-17)38-24-15-18(31(3)4)7-10-21(24)27(20)19-8-5-16(13-22(19)28(35)36)29(37)39-32-25(33)11-12-26(32)34;1-6-13-29-27(32)17-7-10-20(23(14-17)28(33)34)26-21-11-8-18(30(2)3)15-24(21)35-25-16-19(31(4)5)9-12-22(25)26;1-7(2,3)11-6(10)9-5-4-8/h5-10,13-15H,11-12H2,1-4H3;7-12,14-16H,6,13H2,1-5H3,(H-,29,32,33,34);4-5,8H2,1-3H3,(H,9,10)/p+2. The van der Waals surface area contributed by atoms with Crippen molar-refractivity contribution in [2.45, 2.75) is 52.6 Å². The second kappa shape index (κ2) is 26.6. The summed E-state index contributed by atoms with van der Waals surface area (Å²) < 4.78 is 21.5. The third-order valence-electron chi connectivity index (χ3n) is 13.5. The second-order valence-electron chi connectivity index (χ2n) is 21.8. The normalized spacial score (nSPS) is 12.0. The van der Waals surface area contributed by atoms with Crippen LogP contribution in [0.15, 0.2) is 118 Å². The molecule has 0 bridgehead atoms. The predicted octanol–water partition coefficient (Wildman–Crippen LogP) is 7.83. The number of alkyl carbamates (subject to hydrolysis) is 1. The minimum absolute atomic E-state index is 0.0459. The van der Waals surface area contributed by atoms with Crippen molar-refractivity contribution >= 4 is 75.0 Å². The van der Waals surface area contributed by atoms with Crippen LogP contribution in [0.4, 0.5) is 16.2 Å². The lowest BCUT2D eigenvalue weighted by molar-refractivity contribution is -0.172. The highest BCUT2D eigenvalue weighted by molar-refractivity contribution is 6.11. The van der Waals surface area contributed by atoms with E-state index in [-0.39, 0.29) is 35.4 Å². The van der Waals surface area contributed by atoms with Gasteiger partial charge in [-0.3, -0.25) is 14.4 Å². The van der Waals surface area contributed by atoms with Crippen LogP contribution in [-0.4, -0.2) is 139 Å². The molecule has 85 heavy (non-hydrogen) atoms. The summed E-state index contributed by atoms with van der Waals surface area (Å²) in [5.74, 6) is -3.68. The maximum Gasteiger partial charge on any atom is 0.407 e.